The van der Waals surface area contributed by atoms with Gasteiger partial charge in [0, 0.05) is 18.3 Å². The molecule has 0 saturated heterocycles. The molecule has 0 heterocycles. The molecule has 92 valence electrons. The number of carboxylic acid groups (broad SMARTS) is 1. The van der Waals surface area contributed by atoms with Gasteiger partial charge in [0.25, 0.3) is 0 Å². The van der Waals surface area contributed by atoms with Crippen LogP contribution in [0.4, 0.5) is 0 Å². The van der Waals surface area contributed by atoms with Crippen molar-refractivity contribution >= 4 is 5.97 Å². The van der Waals surface area contributed by atoms with Gasteiger partial charge in [-0.15, -0.1) is 0 Å². The quantitative estimate of drug-likeness (QED) is 0.786. The zero-order valence-corrected chi connectivity index (χ0v) is 10.3. The summed E-state index contributed by atoms with van der Waals surface area (Å²) in [7, 11) is 0. The first-order valence-corrected chi connectivity index (χ1v) is 6.17. The first-order valence-electron chi connectivity index (χ1n) is 6.17. The Bertz CT molecular complexity index is 659. The molecule has 2 nitrogen and oxygen atoms in total. The van der Waals surface area contributed by atoms with Crippen LogP contribution in [0.15, 0.2) is 48.5 Å². The van der Waals surface area contributed by atoms with Gasteiger partial charge in [0.15, 0.2) is 0 Å². The van der Waals surface area contributed by atoms with E-state index in [0.29, 0.717) is 6.42 Å². The van der Waals surface area contributed by atoms with Crippen LogP contribution in [0, 0.1) is 11.8 Å². The van der Waals surface area contributed by atoms with E-state index < -0.39 is 5.97 Å². The summed E-state index contributed by atoms with van der Waals surface area (Å²) in [6.07, 6.45) is 0.542. The lowest BCUT2D eigenvalue weighted by Gasteiger charge is -2.09. The Morgan fingerprint density at radius 1 is 1.00 bits per heavy atom. The Kier molecular flexibility index (Phi) is 2.81. The number of carbonyl (C=O) groups is 1. The van der Waals surface area contributed by atoms with Gasteiger partial charge in [-0.1, -0.05) is 54.5 Å². The molecule has 0 saturated carbocycles. The van der Waals surface area contributed by atoms with E-state index >= 15 is 0 Å². The highest BCUT2D eigenvalue weighted by Gasteiger charge is 2.26. The van der Waals surface area contributed by atoms with E-state index in [1.54, 1.807) is 0 Å². The highest BCUT2D eigenvalue weighted by atomic mass is 16.4. The predicted octanol–water partition coefficient (Wildman–Crippen LogP) is 3.28. The number of carboxylic acids is 1. The van der Waals surface area contributed by atoms with Gasteiger partial charge >= 0.3 is 5.97 Å². The molecule has 0 unspecified atom stereocenters. The molecule has 0 bridgehead atoms. The number of aliphatic carboxylic acids is 1. The maximum absolute atomic E-state index is 10.5. The molecule has 0 radical (unpaired) electrons. The molecule has 1 aliphatic rings. The van der Waals surface area contributed by atoms with Crippen molar-refractivity contribution in [1.29, 1.82) is 0 Å². The summed E-state index contributed by atoms with van der Waals surface area (Å²) in [5.41, 5.74) is 4.95. The fourth-order valence-electron chi connectivity index (χ4n) is 2.71. The summed E-state index contributed by atoms with van der Waals surface area (Å²) in [6.45, 7) is 0. The largest absolute Gasteiger partial charge is 0.472 e. The minimum atomic E-state index is -1.07. The van der Waals surface area contributed by atoms with Gasteiger partial charge in [0.05, 0.1) is 0 Å². The van der Waals surface area contributed by atoms with Crippen LogP contribution in [0.25, 0.3) is 11.1 Å². The van der Waals surface area contributed by atoms with E-state index in [9.17, 15) is 4.79 Å². The Hall–Kier alpha value is -2.53. The Morgan fingerprint density at radius 2 is 1.53 bits per heavy atom. The topological polar surface area (TPSA) is 37.3 Å². The zero-order chi connectivity index (χ0) is 13.2. The minimum Gasteiger partial charge on any atom is -0.472 e. The fourth-order valence-corrected chi connectivity index (χ4v) is 2.71. The van der Waals surface area contributed by atoms with Crippen molar-refractivity contribution in [2.45, 2.75) is 12.3 Å². The summed E-state index contributed by atoms with van der Waals surface area (Å²) in [5.74, 6) is 4.07. The number of hydrogen-bond donors (Lipinski definition) is 1. The molecule has 0 fully saturated rings. The lowest BCUT2D eigenvalue weighted by molar-refractivity contribution is -0.130. The summed E-state index contributed by atoms with van der Waals surface area (Å²) in [5, 5.41) is 8.60. The van der Waals surface area contributed by atoms with E-state index in [1.807, 2.05) is 24.3 Å². The maximum Gasteiger partial charge on any atom is 0.381 e. The third-order valence-corrected chi connectivity index (χ3v) is 3.46. The average molecular weight is 248 g/mol. The first kappa shape index (κ1) is 11.6. The summed E-state index contributed by atoms with van der Waals surface area (Å²) in [6, 6.07) is 16.5. The molecule has 0 aromatic heterocycles. The van der Waals surface area contributed by atoms with E-state index in [-0.39, 0.29) is 5.92 Å². The Morgan fingerprint density at radius 3 is 2.05 bits per heavy atom. The van der Waals surface area contributed by atoms with Gasteiger partial charge in [0.1, 0.15) is 0 Å². The van der Waals surface area contributed by atoms with Crippen molar-refractivity contribution < 1.29 is 9.90 Å². The first-order chi connectivity index (χ1) is 9.27. The zero-order valence-electron chi connectivity index (χ0n) is 10.3. The van der Waals surface area contributed by atoms with Crippen LogP contribution < -0.4 is 0 Å². The molecule has 0 atom stereocenters. The van der Waals surface area contributed by atoms with E-state index in [2.05, 4.69) is 36.1 Å². The number of hydrogen-bond acceptors (Lipinski definition) is 1. The molecular formula is C17H12O2. The summed E-state index contributed by atoms with van der Waals surface area (Å²) < 4.78 is 0. The normalized spacial score (nSPS) is 12.2. The predicted molar refractivity (Wildman–Crippen MR) is 73.7 cm³/mol. The standard InChI is InChI=1S/C17H12O2/c18-17(19)11-5-10-16-14-8-3-1-6-12(14)13-7-2-4-9-15(13)16/h1-4,6-9,16H,10H2,(H,18,19). The van der Waals surface area contributed by atoms with Gasteiger partial charge in [0.2, 0.25) is 0 Å². The van der Waals surface area contributed by atoms with E-state index in [4.69, 9.17) is 5.11 Å². The molecule has 2 aromatic rings. The molecule has 2 aromatic carbocycles. The van der Waals surface area contributed by atoms with Crippen LogP contribution in [0.1, 0.15) is 23.5 Å². The van der Waals surface area contributed by atoms with Crippen LogP contribution in [-0.2, 0) is 4.79 Å². The van der Waals surface area contributed by atoms with Crippen LogP contribution in [-0.4, -0.2) is 11.1 Å². The van der Waals surface area contributed by atoms with Crippen LogP contribution in [0.3, 0.4) is 0 Å². The monoisotopic (exact) mass is 248 g/mol. The molecule has 2 heteroatoms. The fraction of sp³-hybridized carbons (Fsp3) is 0.118. The molecule has 0 aliphatic heterocycles. The molecule has 1 N–H and O–H groups in total. The Labute approximate surface area is 111 Å². The van der Waals surface area contributed by atoms with Gasteiger partial charge in [-0.25, -0.2) is 4.79 Å². The van der Waals surface area contributed by atoms with Crippen molar-refractivity contribution in [1.82, 2.24) is 0 Å². The minimum absolute atomic E-state index is 0.180. The van der Waals surface area contributed by atoms with Gasteiger partial charge < -0.3 is 5.11 Å². The molecular weight excluding hydrogens is 236 g/mol. The molecule has 1 aliphatic carbocycles. The van der Waals surface area contributed by atoms with Gasteiger partial charge in [-0.3, -0.25) is 0 Å². The SMILES string of the molecule is O=C(O)C#CCC1c2ccccc2-c2ccccc21. The molecule has 0 spiro atoms. The molecule has 0 amide bonds. The average Bonchev–Trinajstić information content (AvgIpc) is 2.74. The second kappa shape index (κ2) is 4.62. The van der Waals surface area contributed by atoms with Gasteiger partial charge in [-0.2, -0.15) is 0 Å². The van der Waals surface area contributed by atoms with Crippen molar-refractivity contribution in [2.75, 3.05) is 0 Å². The highest BCUT2D eigenvalue weighted by Crippen LogP contribution is 2.45. The smallest absolute Gasteiger partial charge is 0.381 e. The number of fused-ring (bicyclic) bond motifs is 3. The lowest BCUT2D eigenvalue weighted by atomic mass is 9.94. The van der Waals surface area contributed by atoms with Crippen molar-refractivity contribution in [2.24, 2.45) is 0 Å². The van der Waals surface area contributed by atoms with E-state index in [0.717, 1.165) is 0 Å². The van der Waals surface area contributed by atoms with Crippen LogP contribution in [0.5, 0.6) is 0 Å². The Balaban J connectivity index is 2.06. The van der Waals surface area contributed by atoms with Gasteiger partial charge in [-0.05, 0) is 22.3 Å². The van der Waals surface area contributed by atoms with Crippen molar-refractivity contribution in [3.63, 3.8) is 0 Å². The number of benzene rings is 2. The van der Waals surface area contributed by atoms with Crippen LogP contribution in [0.2, 0.25) is 0 Å². The second-order valence-electron chi connectivity index (χ2n) is 4.54. The highest BCUT2D eigenvalue weighted by molar-refractivity contribution is 5.86. The number of rotatable bonds is 1. The molecule has 19 heavy (non-hydrogen) atoms. The third kappa shape index (κ3) is 2.00. The van der Waals surface area contributed by atoms with E-state index in [1.165, 1.54) is 22.3 Å². The summed E-state index contributed by atoms with van der Waals surface area (Å²) in [4.78, 5) is 10.5. The maximum atomic E-state index is 10.5. The molecule has 3 rings (SSSR count). The lowest BCUT2D eigenvalue weighted by Crippen LogP contribution is -1.95. The summed E-state index contributed by atoms with van der Waals surface area (Å²) >= 11 is 0. The third-order valence-electron chi connectivity index (χ3n) is 3.46. The van der Waals surface area contributed by atoms with Crippen LogP contribution >= 0.6 is 0 Å². The second-order valence-corrected chi connectivity index (χ2v) is 4.54. The van der Waals surface area contributed by atoms with Crippen molar-refractivity contribution in [3.05, 3.63) is 59.7 Å². The van der Waals surface area contributed by atoms with Crippen molar-refractivity contribution in [3.8, 4) is 23.0 Å².